The van der Waals surface area contributed by atoms with Crippen LogP contribution < -0.4 is 5.73 Å². The number of nitrogens with zero attached hydrogens (tertiary/aromatic N) is 3. The van der Waals surface area contributed by atoms with E-state index in [-0.39, 0.29) is 5.91 Å². The zero-order valence-corrected chi connectivity index (χ0v) is 12.1. The Labute approximate surface area is 111 Å². The lowest BCUT2D eigenvalue weighted by molar-refractivity contribution is -0.129. The van der Waals surface area contributed by atoms with Crippen molar-refractivity contribution in [2.45, 2.75) is 25.8 Å². The molecule has 1 fully saturated rings. The van der Waals surface area contributed by atoms with Gasteiger partial charge in [0.2, 0.25) is 5.91 Å². The first kappa shape index (κ1) is 15.4. The summed E-state index contributed by atoms with van der Waals surface area (Å²) in [7, 11) is 3.63. The molecule has 0 aromatic carbocycles. The molecule has 0 aliphatic carbocycles. The number of hydrogen-bond donors (Lipinski definition) is 1. The fourth-order valence-corrected chi connectivity index (χ4v) is 2.40. The molecule has 1 heterocycles. The second kappa shape index (κ2) is 7.71. The van der Waals surface area contributed by atoms with Crippen LogP contribution in [0, 0.1) is 0 Å². The third-order valence-electron chi connectivity index (χ3n) is 3.81. The average Bonchev–Trinajstić information content (AvgIpc) is 2.38. The van der Waals surface area contributed by atoms with Crippen molar-refractivity contribution in [1.29, 1.82) is 0 Å². The van der Waals surface area contributed by atoms with E-state index in [0.717, 1.165) is 45.7 Å². The summed E-state index contributed by atoms with van der Waals surface area (Å²) in [6, 6.07) is 0.524. The molecule has 106 valence electrons. The first-order chi connectivity index (χ1) is 8.58. The van der Waals surface area contributed by atoms with Gasteiger partial charge in [0.05, 0.1) is 0 Å². The zero-order valence-electron chi connectivity index (χ0n) is 12.1. The minimum atomic E-state index is 0.214. The van der Waals surface area contributed by atoms with Crippen molar-refractivity contribution in [2.75, 3.05) is 53.4 Å². The minimum absolute atomic E-state index is 0.214. The molecule has 0 aromatic rings. The van der Waals surface area contributed by atoms with E-state index in [2.05, 4.69) is 16.7 Å². The van der Waals surface area contributed by atoms with Crippen molar-refractivity contribution in [3.05, 3.63) is 0 Å². The normalized spacial score (nSPS) is 19.8. The van der Waals surface area contributed by atoms with E-state index in [1.807, 2.05) is 14.1 Å². The van der Waals surface area contributed by atoms with E-state index in [0.29, 0.717) is 12.5 Å². The van der Waals surface area contributed by atoms with Crippen molar-refractivity contribution in [3.63, 3.8) is 0 Å². The Bertz CT molecular complexity index is 245. The van der Waals surface area contributed by atoms with Crippen LogP contribution in [0.4, 0.5) is 0 Å². The van der Waals surface area contributed by atoms with E-state index in [1.54, 1.807) is 4.90 Å². The lowest BCUT2D eigenvalue weighted by Crippen LogP contribution is -2.52. The lowest BCUT2D eigenvalue weighted by Gasteiger charge is -2.38. The molecule has 1 rings (SSSR count). The predicted octanol–water partition coefficient (Wildman–Crippen LogP) is -0.180. The first-order valence-corrected chi connectivity index (χ1v) is 6.95. The summed E-state index contributed by atoms with van der Waals surface area (Å²) >= 11 is 0. The summed E-state index contributed by atoms with van der Waals surface area (Å²) in [6.45, 7) is 8.08. The SMILES string of the molecule is CCC(CN)N1CCN(CCC(=O)N(C)C)CC1. The molecule has 5 nitrogen and oxygen atoms in total. The molecular formula is C13H28N4O. The van der Waals surface area contributed by atoms with Gasteiger partial charge in [0.25, 0.3) is 0 Å². The highest BCUT2D eigenvalue weighted by Crippen LogP contribution is 2.08. The Morgan fingerprint density at radius 2 is 1.89 bits per heavy atom. The van der Waals surface area contributed by atoms with Crippen LogP contribution in [0.15, 0.2) is 0 Å². The van der Waals surface area contributed by atoms with Crippen LogP contribution in [0.2, 0.25) is 0 Å². The quantitative estimate of drug-likeness (QED) is 0.716. The van der Waals surface area contributed by atoms with Crippen LogP contribution in [0.5, 0.6) is 0 Å². The van der Waals surface area contributed by atoms with Gasteiger partial charge in [0.1, 0.15) is 0 Å². The smallest absolute Gasteiger partial charge is 0.223 e. The van der Waals surface area contributed by atoms with Gasteiger partial charge in [-0.2, -0.15) is 0 Å². The first-order valence-electron chi connectivity index (χ1n) is 6.95. The molecule has 1 saturated heterocycles. The van der Waals surface area contributed by atoms with Crippen molar-refractivity contribution in [1.82, 2.24) is 14.7 Å². The Morgan fingerprint density at radius 1 is 1.28 bits per heavy atom. The molecule has 0 radical (unpaired) electrons. The Morgan fingerprint density at radius 3 is 2.33 bits per heavy atom. The van der Waals surface area contributed by atoms with Gasteiger partial charge >= 0.3 is 0 Å². The molecule has 1 aliphatic heterocycles. The van der Waals surface area contributed by atoms with E-state index >= 15 is 0 Å². The number of piperazine rings is 1. The number of carbonyl (C=O) groups excluding carboxylic acids is 1. The van der Waals surface area contributed by atoms with Crippen LogP contribution >= 0.6 is 0 Å². The maximum absolute atomic E-state index is 11.5. The van der Waals surface area contributed by atoms with Gasteiger partial charge in [0, 0.05) is 65.8 Å². The molecule has 1 aliphatic rings. The van der Waals surface area contributed by atoms with Crippen molar-refractivity contribution in [2.24, 2.45) is 5.73 Å². The molecule has 5 heteroatoms. The number of carbonyl (C=O) groups is 1. The molecule has 0 spiro atoms. The molecule has 18 heavy (non-hydrogen) atoms. The molecule has 1 unspecified atom stereocenters. The summed E-state index contributed by atoms with van der Waals surface area (Å²) in [5, 5.41) is 0. The van der Waals surface area contributed by atoms with Crippen molar-refractivity contribution < 1.29 is 4.79 Å². The van der Waals surface area contributed by atoms with Gasteiger partial charge in [-0.3, -0.25) is 9.69 Å². The molecule has 0 bridgehead atoms. The summed E-state index contributed by atoms with van der Waals surface area (Å²) in [6.07, 6.45) is 1.75. The number of amides is 1. The van der Waals surface area contributed by atoms with Gasteiger partial charge < -0.3 is 15.5 Å². The summed E-state index contributed by atoms with van der Waals surface area (Å²) in [5.41, 5.74) is 5.78. The number of nitrogens with two attached hydrogens (primary N) is 1. The third-order valence-corrected chi connectivity index (χ3v) is 3.81. The zero-order chi connectivity index (χ0) is 13.5. The fraction of sp³-hybridized carbons (Fsp3) is 0.923. The average molecular weight is 256 g/mol. The van der Waals surface area contributed by atoms with Gasteiger partial charge in [0.15, 0.2) is 0 Å². The van der Waals surface area contributed by atoms with Crippen molar-refractivity contribution in [3.8, 4) is 0 Å². The maximum atomic E-state index is 11.5. The highest BCUT2D eigenvalue weighted by atomic mass is 16.2. The third kappa shape index (κ3) is 4.55. The molecule has 1 atom stereocenters. The Hall–Kier alpha value is -0.650. The standard InChI is InChI=1S/C13H28N4O/c1-4-12(11-14)17-9-7-16(8-10-17)6-5-13(18)15(2)3/h12H,4-11,14H2,1-3H3. The number of hydrogen-bond acceptors (Lipinski definition) is 4. The van der Waals surface area contributed by atoms with Crippen LogP contribution in [-0.4, -0.2) is 80.0 Å². The second-order valence-electron chi connectivity index (χ2n) is 5.21. The minimum Gasteiger partial charge on any atom is -0.349 e. The fourth-order valence-electron chi connectivity index (χ4n) is 2.40. The molecule has 0 aromatic heterocycles. The topological polar surface area (TPSA) is 52.8 Å². The summed E-state index contributed by atoms with van der Waals surface area (Å²) in [5.74, 6) is 0.214. The van der Waals surface area contributed by atoms with Gasteiger partial charge in [-0.05, 0) is 6.42 Å². The Kier molecular flexibility index (Phi) is 6.60. The van der Waals surface area contributed by atoms with Crippen molar-refractivity contribution >= 4 is 5.91 Å². The van der Waals surface area contributed by atoms with E-state index in [4.69, 9.17) is 5.73 Å². The highest BCUT2D eigenvalue weighted by molar-refractivity contribution is 5.75. The van der Waals surface area contributed by atoms with Gasteiger partial charge in [-0.1, -0.05) is 6.92 Å². The molecular weight excluding hydrogens is 228 g/mol. The number of rotatable bonds is 6. The molecule has 1 amide bonds. The van der Waals surface area contributed by atoms with Crippen LogP contribution in [-0.2, 0) is 4.79 Å². The second-order valence-corrected chi connectivity index (χ2v) is 5.21. The maximum Gasteiger partial charge on any atom is 0.223 e. The van der Waals surface area contributed by atoms with Crippen LogP contribution in [0.1, 0.15) is 19.8 Å². The Balaban J connectivity index is 2.25. The van der Waals surface area contributed by atoms with E-state index < -0.39 is 0 Å². The molecule has 2 N–H and O–H groups in total. The monoisotopic (exact) mass is 256 g/mol. The summed E-state index contributed by atoms with van der Waals surface area (Å²) in [4.78, 5) is 18.0. The predicted molar refractivity (Wildman–Crippen MR) is 74.5 cm³/mol. The lowest BCUT2D eigenvalue weighted by atomic mass is 10.1. The van der Waals surface area contributed by atoms with Crippen LogP contribution in [0.25, 0.3) is 0 Å². The van der Waals surface area contributed by atoms with Gasteiger partial charge in [-0.15, -0.1) is 0 Å². The highest BCUT2D eigenvalue weighted by Gasteiger charge is 2.22. The summed E-state index contributed by atoms with van der Waals surface area (Å²) < 4.78 is 0. The van der Waals surface area contributed by atoms with E-state index in [9.17, 15) is 4.79 Å². The largest absolute Gasteiger partial charge is 0.349 e. The van der Waals surface area contributed by atoms with E-state index in [1.165, 1.54) is 0 Å². The molecule has 0 saturated carbocycles. The van der Waals surface area contributed by atoms with Crippen LogP contribution in [0.3, 0.4) is 0 Å². The van der Waals surface area contributed by atoms with Gasteiger partial charge in [-0.25, -0.2) is 0 Å².